The van der Waals surface area contributed by atoms with Gasteiger partial charge in [-0.25, -0.2) is 0 Å². The fourth-order valence-electron chi connectivity index (χ4n) is 0.978. The molecule has 0 aromatic carbocycles. The molecule has 3 radical (unpaired) electrons. The molecular weight excluding hydrogens is 80.5 g/mol. The van der Waals surface area contributed by atoms with Crippen LogP contribution in [0.4, 0.5) is 0 Å². The van der Waals surface area contributed by atoms with Crippen molar-refractivity contribution in [2.45, 2.75) is 25.5 Å². The molecule has 1 atom stereocenters. The zero-order chi connectivity index (χ0) is 5.28. The molecule has 1 saturated heterocycles. The summed E-state index contributed by atoms with van der Waals surface area (Å²) in [5, 5.41) is 0. The minimum atomic E-state index is 0.736. The first-order chi connectivity index (χ1) is 3.34. The van der Waals surface area contributed by atoms with E-state index in [2.05, 4.69) is 6.92 Å². The van der Waals surface area contributed by atoms with Crippen molar-refractivity contribution >= 4 is 21.4 Å². The van der Waals surface area contributed by atoms with E-state index in [1.807, 2.05) is 7.06 Å². The maximum absolute atomic E-state index is 5.30. The van der Waals surface area contributed by atoms with E-state index in [-0.39, 0.29) is 0 Å². The van der Waals surface area contributed by atoms with Crippen LogP contribution in [0.1, 0.15) is 13.3 Å². The molecule has 1 heterocycles. The normalized spacial score (nSPS) is 29.3. The highest BCUT2D eigenvalue weighted by atomic mass is 14.0. The fourth-order valence-corrected chi connectivity index (χ4v) is 0.978. The monoisotopic (exact) mass is 89.1 g/mol. The summed E-state index contributed by atoms with van der Waals surface area (Å²) in [7, 11) is 7.13. The van der Waals surface area contributed by atoms with Crippen LogP contribution in [0.3, 0.4) is 0 Å². The topological polar surface area (TPSA) is 0 Å². The van der Waals surface area contributed by atoms with Gasteiger partial charge in [-0.15, -0.1) is 0 Å². The Kier molecular flexibility index (Phi) is 1.51. The third-order valence-corrected chi connectivity index (χ3v) is 1.93. The SMILES string of the molecule is [B][B]B1CCC1C. The first kappa shape index (κ1) is 5.33. The van der Waals surface area contributed by atoms with Crippen molar-refractivity contribution in [1.82, 2.24) is 0 Å². The van der Waals surface area contributed by atoms with Gasteiger partial charge in [-0.05, 0) is 0 Å². The van der Waals surface area contributed by atoms with Crippen molar-refractivity contribution in [1.29, 1.82) is 0 Å². The summed E-state index contributed by atoms with van der Waals surface area (Å²) in [6.45, 7) is 2.98. The Morgan fingerprint density at radius 1 is 1.86 bits per heavy atom. The van der Waals surface area contributed by atoms with E-state index in [0.717, 1.165) is 12.4 Å². The van der Waals surface area contributed by atoms with Gasteiger partial charge in [0.1, 0.15) is 0 Å². The van der Waals surface area contributed by atoms with Gasteiger partial charge in [-0.3, -0.25) is 0 Å². The van der Waals surface area contributed by atoms with Gasteiger partial charge in [0.2, 0.25) is 0 Å². The van der Waals surface area contributed by atoms with Crippen molar-refractivity contribution < 1.29 is 0 Å². The van der Waals surface area contributed by atoms with E-state index in [0.29, 0.717) is 0 Å². The zero-order valence-electron chi connectivity index (χ0n) is 4.72. The van der Waals surface area contributed by atoms with Gasteiger partial charge in [-0.1, -0.05) is 25.5 Å². The van der Waals surface area contributed by atoms with Gasteiger partial charge in [0.25, 0.3) is 0 Å². The lowest BCUT2D eigenvalue weighted by Crippen LogP contribution is -2.35. The van der Waals surface area contributed by atoms with Crippen molar-refractivity contribution in [3.05, 3.63) is 0 Å². The first-order valence-electron chi connectivity index (χ1n) is 2.89. The number of hydrogen-bond acceptors (Lipinski definition) is 0. The van der Waals surface area contributed by atoms with Crippen LogP contribution in [0.2, 0.25) is 12.1 Å². The summed E-state index contributed by atoms with van der Waals surface area (Å²) in [6.07, 6.45) is 2.69. The molecule has 7 heavy (non-hydrogen) atoms. The van der Waals surface area contributed by atoms with Gasteiger partial charge in [0, 0.05) is 14.8 Å². The van der Waals surface area contributed by atoms with E-state index in [4.69, 9.17) is 7.74 Å². The predicted molar refractivity (Wildman–Crippen MR) is 36.1 cm³/mol. The highest BCUT2D eigenvalue weighted by Crippen LogP contribution is 2.30. The predicted octanol–water partition coefficient (Wildman–Crippen LogP) is 0.559. The Labute approximate surface area is 47.8 Å². The maximum atomic E-state index is 5.30. The largest absolute Gasteiger partial charge is 0.0938 e. The van der Waals surface area contributed by atoms with E-state index in [1.165, 1.54) is 12.7 Å². The second kappa shape index (κ2) is 1.98. The molecule has 0 bridgehead atoms. The van der Waals surface area contributed by atoms with Gasteiger partial charge in [0.15, 0.2) is 0 Å². The Hall–Kier alpha value is 0.195. The molecule has 0 aromatic heterocycles. The Bertz CT molecular complexity index is 62.0. The summed E-state index contributed by atoms with van der Waals surface area (Å²) in [4.78, 5) is 0. The Balaban J connectivity index is 2.16. The van der Waals surface area contributed by atoms with Crippen LogP contribution >= 0.6 is 0 Å². The average molecular weight is 88.5 g/mol. The summed E-state index contributed by atoms with van der Waals surface area (Å²) < 4.78 is 0. The van der Waals surface area contributed by atoms with Crippen LogP contribution in [0, 0.1) is 0 Å². The van der Waals surface area contributed by atoms with Gasteiger partial charge in [-0.2, -0.15) is 0 Å². The third-order valence-electron chi connectivity index (χ3n) is 1.93. The standard InChI is InChI=1S/C4H8B3/c1-4-2-3-7(4)6-5/h4H,2-3H2,1H3. The molecule has 0 aliphatic carbocycles. The molecule has 0 nitrogen and oxygen atoms in total. The maximum Gasteiger partial charge on any atom is 0.0938 e. The molecule has 1 fully saturated rings. The highest BCUT2D eigenvalue weighted by Gasteiger charge is 2.26. The summed E-state index contributed by atoms with van der Waals surface area (Å²) >= 11 is 0. The molecule has 33 valence electrons. The molecule has 0 amide bonds. The van der Waals surface area contributed by atoms with E-state index in [1.54, 1.807) is 0 Å². The van der Waals surface area contributed by atoms with Crippen molar-refractivity contribution in [2.75, 3.05) is 0 Å². The molecule has 1 rings (SSSR count). The second-order valence-electron chi connectivity index (χ2n) is 2.41. The number of rotatable bonds is 1. The van der Waals surface area contributed by atoms with Crippen LogP contribution in [0.15, 0.2) is 0 Å². The van der Waals surface area contributed by atoms with E-state index < -0.39 is 0 Å². The smallest absolute Gasteiger partial charge is 0.0819 e. The molecule has 0 N–H and O–H groups in total. The molecule has 3 heteroatoms. The van der Waals surface area contributed by atoms with E-state index >= 15 is 0 Å². The van der Waals surface area contributed by atoms with Crippen LogP contribution in [-0.4, -0.2) is 21.4 Å². The number of hydrogen-bond donors (Lipinski definition) is 0. The second-order valence-corrected chi connectivity index (χ2v) is 2.41. The van der Waals surface area contributed by atoms with Gasteiger partial charge >= 0.3 is 0 Å². The molecule has 0 aromatic rings. The summed E-state index contributed by atoms with van der Waals surface area (Å²) in [6, 6.07) is 0. The fraction of sp³-hybridized carbons (Fsp3) is 1.00. The molecule has 0 spiro atoms. The quantitative estimate of drug-likeness (QED) is 0.411. The Morgan fingerprint density at radius 3 is 2.57 bits per heavy atom. The van der Waals surface area contributed by atoms with Crippen LogP contribution in [-0.2, 0) is 0 Å². The lowest BCUT2D eigenvalue weighted by molar-refractivity contribution is 0.776. The minimum absolute atomic E-state index is 0.736. The Morgan fingerprint density at radius 2 is 2.57 bits per heavy atom. The van der Waals surface area contributed by atoms with Gasteiger partial charge in [0.05, 0.1) is 6.60 Å². The summed E-state index contributed by atoms with van der Waals surface area (Å²) in [5.41, 5.74) is 0. The van der Waals surface area contributed by atoms with E-state index in [9.17, 15) is 0 Å². The van der Waals surface area contributed by atoms with Crippen molar-refractivity contribution in [3.63, 3.8) is 0 Å². The van der Waals surface area contributed by atoms with Gasteiger partial charge < -0.3 is 0 Å². The zero-order valence-corrected chi connectivity index (χ0v) is 4.72. The van der Waals surface area contributed by atoms with Crippen LogP contribution < -0.4 is 0 Å². The first-order valence-corrected chi connectivity index (χ1v) is 2.89. The van der Waals surface area contributed by atoms with Crippen molar-refractivity contribution in [2.24, 2.45) is 0 Å². The molecule has 1 aliphatic rings. The lowest BCUT2D eigenvalue weighted by Gasteiger charge is -2.30. The third kappa shape index (κ3) is 0.870. The average Bonchev–Trinajstić information content (AvgIpc) is 1.65. The lowest BCUT2D eigenvalue weighted by atomic mass is 9.04. The van der Waals surface area contributed by atoms with Crippen LogP contribution in [0.5, 0.6) is 0 Å². The molecular formula is C4H8B3. The molecule has 0 saturated carbocycles. The van der Waals surface area contributed by atoms with Crippen LogP contribution in [0.25, 0.3) is 0 Å². The highest BCUT2D eigenvalue weighted by molar-refractivity contribution is 7.32. The molecule has 1 unspecified atom stereocenters. The molecule has 1 aliphatic heterocycles. The van der Waals surface area contributed by atoms with Crippen molar-refractivity contribution in [3.8, 4) is 0 Å². The minimum Gasteiger partial charge on any atom is -0.0819 e. The summed E-state index contributed by atoms with van der Waals surface area (Å²) in [5.74, 6) is 0.866.